The average molecular weight is 197 g/mol. The first kappa shape index (κ1) is 12.0. The fourth-order valence-corrected chi connectivity index (χ4v) is 2.94. The molecule has 4 unspecified atom stereocenters. The molecular weight excluding hydrogens is 170 g/mol. The molecule has 0 aromatic carbocycles. The zero-order valence-corrected chi connectivity index (χ0v) is 10.6. The van der Waals surface area contributed by atoms with Crippen molar-refractivity contribution in [2.24, 2.45) is 23.7 Å². The second-order valence-corrected chi connectivity index (χ2v) is 5.48. The van der Waals surface area contributed by atoms with Crippen molar-refractivity contribution in [3.63, 3.8) is 0 Å². The zero-order chi connectivity index (χ0) is 10.7. The molecule has 1 saturated carbocycles. The Kier molecular flexibility index (Phi) is 4.43. The third-order valence-corrected chi connectivity index (χ3v) is 4.15. The summed E-state index contributed by atoms with van der Waals surface area (Å²) >= 11 is 0. The molecule has 4 atom stereocenters. The van der Waals surface area contributed by atoms with Gasteiger partial charge in [-0.2, -0.15) is 0 Å². The van der Waals surface area contributed by atoms with Gasteiger partial charge in [0, 0.05) is 6.54 Å². The lowest BCUT2D eigenvalue weighted by Crippen LogP contribution is -2.41. The van der Waals surface area contributed by atoms with Crippen molar-refractivity contribution in [2.75, 3.05) is 20.1 Å². The topological polar surface area (TPSA) is 3.24 Å². The summed E-state index contributed by atoms with van der Waals surface area (Å²) < 4.78 is 0. The van der Waals surface area contributed by atoms with Crippen LogP contribution < -0.4 is 0 Å². The lowest BCUT2D eigenvalue weighted by molar-refractivity contribution is 0.0415. The Bertz CT molecular complexity index is 167. The van der Waals surface area contributed by atoms with E-state index in [-0.39, 0.29) is 0 Å². The Balaban J connectivity index is 2.25. The molecule has 0 heterocycles. The van der Waals surface area contributed by atoms with Gasteiger partial charge < -0.3 is 4.90 Å². The summed E-state index contributed by atoms with van der Waals surface area (Å²) in [6, 6.07) is 0. The second kappa shape index (κ2) is 5.16. The van der Waals surface area contributed by atoms with E-state index in [2.05, 4.69) is 39.6 Å². The molecule has 0 spiro atoms. The van der Waals surface area contributed by atoms with Crippen molar-refractivity contribution in [3.05, 3.63) is 0 Å². The van der Waals surface area contributed by atoms with Gasteiger partial charge in [0.25, 0.3) is 0 Å². The van der Waals surface area contributed by atoms with Gasteiger partial charge in [0.15, 0.2) is 0 Å². The summed E-state index contributed by atoms with van der Waals surface area (Å²) in [6.07, 6.45) is 2.74. The molecule has 14 heavy (non-hydrogen) atoms. The molecule has 0 radical (unpaired) electrons. The van der Waals surface area contributed by atoms with Crippen LogP contribution in [0.15, 0.2) is 0 Å². The van der Waals surface area contributed by atoms with Crippen LogP contribution in [0.25, 0.3) is 0 Å². The summed E-state index contributed by atoms with van der Waals surface area (Å²) in [5, 5.41) is 0. The van der Waals surface area contributed by atoms with Crippen LogP contribution in [0.1, 0.15) is 40.5 Å². The van der Waals surface area contributed by atoms with Crippen LogP contribution >= 0.6 is 0 Å². The first-order valence-corrected chi connectivity index (χ1v) is 6.24. The summed E-state index contributed by atoms with van der Waals surface area (Å²) in [7, 11) is 2.26. The van der Waals surface area contributed by atoms with Crippen molar-refractivity contribution in [3.8, 4) is 0 Å². The molecule has 1 heteroatoms. The largest absolute Gasteiger partial charge is 0.306 e. The molecule has 84 valence electrons. The molecule has 0 aliphatic heterocycles. The fraction of sp³-hybridized carbons (Fsp3) is 1.00. The van der Waals surface area contributed by atoms with Gasteiger partial charge in [0.05, 0.1) is 0 Å². The van der Waals surface area contributed by atoms with E-state index in [0.717, 1.165) is 23.7 Å². The molecule has 1 rings (SSSR count). The van der Waals surface area contributed by atoms with E-state index in [9.17, 15) is 0 Å². The molecular formula is C13H27N. The number of rotatable bonds is 5. The maximum absolute atomic E-state index is 2.49. The molecule has 0 bridgehead atoms. The predicted octanol–water partition coefficient (Wildman–Crippen LogP) is 3.26. The molecule has 1 fully saturated rings. The lowest BCUT2D eigenvalue weighted by Gasteiger charge is -2.45. The number of hydrogen-bond acceptors (Lipinski definition) is 1. The molecule has 1 aliphatic carbocycles. The van der Waals surface area contributed by atoms with Crippen molar-refractivity contribution in [1.82, 2.24) is 4.90 Å². The third-order valence-electron chi connectivity index (χ3n) is 4.15. The SMILES string of the molecule is CCCN(C)CC(C)C1CC(C)C1C. The van der Waals surface area contributed by atoms with Crippen molar-refractivity contribution >= 4 is 0 Å². The van der Waals surface area contributed by atoms with E-state index in [1.165, 1.54) is 25.9 Å². The lowest BCUT2D eigenvalue weighted by atomic mass is 9.62. The number of hydrogen-bond donors (Lipinski definition) is 0. The Labute approximate surface area is 89.9 Å². The summed E-state index contributed by atoms with van der Waals surface area (Å²) in [6.45, 7) is 12.0. The van der Waals surface area contributed by atoms with Gasteiger partial charge in [0.1, 0.15) is 0 Å². The maximum Gasteiger partial charge on any atom is 0.000672 e. The Morgan fingerprint density at radius 1 is 1.36 bits per heavy atom. The highest BCUT2D eigenvalue weighted by Gasteiger charge is 2.37. The van der Waals surface area contributed by atoms with Crippen LogP contribution in [0.2, 0.25) is 0 Å². The van der Waals surface area contributed by atoms with Crippen LogP contribution in [-0.4, -0.2) is 25.0 Å². The first-order valence-electron chi connectivity index (χ1n) is 6.24. The van der Waals surface area contributed by atoms with Crippen LogP contribution in [-0.2, 0) is 0 Å². The Morgan fingerprint density at radius 2 is 2.00 bits per heavy atom. The molecule has 1 nitrogen and oxygen atoms in total. The molecule has 0 aromatic heterocycles. The highest BCUT2D eigenvalue weighted by Crippen LogP contribution is 2.44. The van der Waals surface area contributed by atoms with Gasteiger partial charge in [-0.25, -0.2) is 0 Å². The maximum atomic E-state index is 2.49. The van der Waals surface area contributed by atoms with E-state index in [0.29, 0.717) is 0 Å². The van der Waals surface area contributed by atoms with Gasteiger partial charge in [-0.15, -0.1) is 0 Å². The predicted molar refractivity (Wildman–Crippen MR) is 63.4 cm³/mol. The molecule has 0 N–H and O–H groups in total. The third kappa shape index (κ3) is 2.73. The average Bonchev–Trinajstić information content (AvgIpc) is 2.13. The quantitative estimate of drug-likeness (QED) is 0.654. The fourth-order valence-electron chi connectivity index (χ4n) is 2.94. The highest BCUT2D eigenvalue weighted by atomic mass is 15.1. The van der Waals surface area contributed by atoms with Gasteiger partial charge >= 0.3 is 0 Å². The van der Waals surface area contributed by atoms with Crippen molar-refractivity contribution < 1.29 is 0 Å². The Hall–Kier alpha value is -0.0400. The monoisotopic (exact) mass is 197 g/mol. The normalized spacial score (nSPS) is 34.3. The minimum absolute atomic E-state index is 0.887. The minimum Gasteiger partial charge on any atom is -0.306 e. The van der Waals surface area contributed by atoms with Gasteiger partial charge in [-0.3, -0.25) is 0 Å². The summed E-state index contributed by atoms with van der Waals surface area (Å²) in [5.41, 5.74) is 0. The standard InChI is InChI=1S/C13H27N/c1-6-7-14(5)9-11(3)13-8-10(2)12(13)4/h10-13H,6-9H2,1-5H3. The zero-order valence-electron chi connectivity index (χ0n) is 10.6. The van der Waals surface area contributed by atoms with E-state index in [1.807, 2.05) is 0 Å². The smallest absolute Gasteiger partial charge is 0.000672 e. The number of nitrogens with zero attached hydrogens (tertiary/aromatic N) is 1. The van der Waals surface area contributed by atoms with Crippen LogP contribution in [0, 0.1) is 23.7 Å². The molecule has 0 saturated heterocycles. The van der Waals surface area contributed by atoms with E-state index >= 15 is 0 Å². The van der Waals surface area contributed by atoms with Crippen LogP contribution in [0.3, 0.4) is 0 Å². The van der Waals surface area contributed by atoms with Crippen molar-refractivity contribution in [2.45, 2.75) is 40.5 Å². The molecule has 1 aliphatic rings. The van der Waals surface area contributed by atoms with E-state index in [1.54, 1.807) is 0 Å². The van der Waals surface area contributed by atoms with Gasteiger partial charge in [0.2, 0.25) is 0 Å². The molecule has 0 amide bonds. The van der Waals surface area contributed by atoms with Crippen LogP contribution in [0.4, 0.5) is 0 Å². The van der Waals surface area contributed by atoms with Crippen molar-refractivity contribution in [1.29, 1.82) is 0 Å². The first-order chi connectivity index (χ1) is 6.56. The Morgan fingerprint density at radius 3 is 2.43 bits per heavy atom. The minimum atomic E-state index is 0.887. The highest BCUT2D eigenvalue weighted by molar-refractivity contribution is 4.87. The summed E-state index contributed by atoms with van der Waals surface area (Å²) in [5.74, 6) is 3.81. The summed E-state index contributed by atoms with van der Waals surface area (Å²) in [4.78, 5) is 2.49. The van der Waals surface area contributed by atoms with E-state index < -0.39 is 0 Å². The van der Waals surface area contributed by atoms with Gasteiger partial charge in [-0.05, 0) is 50.1 Å². The molecule has 0 aromatic rings. The second-order valence-electron chi connectivity index (χ2n) is 5.48. The van der Waals surface area contributed by atoms with E-state index in [4.69, 9.17) is 0 Å². The van der Waals surface area contributed by atoms with Crippen LogP contribution in [0.5, 0.6) is 0 Å². The van der Waals surface area contributed by atoms with Gasteiger partial charge in [-0.1, -0.05) is 27.7 Å².